The topological polar surface area (TPSA) is 68.8 Å². The van der Waals surface area contributed by atoms with Gasteiger partial charge in [-0.3, -0.25) is 10.8 Å². The summed E-state index contributed by atoms with van der Waals surface area (Å²) in [4.78, 5) is 4.13. The zero-order valence-corrected chi connectivity index (χ0v) is 10.1. The van der Waals surface area contributed by atoms with Gasteiger partial charge < -0.3 is 5.43 Å². The summed E-state index contributed by atoms with van der Waals surface area (Å²) < 4.78 is 1.77. The molecule has 0 aliphatic carbocycles. The number of benzene rings is 1. The fourth-order valence-corrected chi connectivity index (χ4v) is 2.05. The molecule has 0 saturated heterocycles. The molecule has 6 heteroatoms. The van der Waals surface area contributed by atoms with Gasteiger partial charge in [-0.2, -0.15) is 5.10 Å². The molecule has 3 N–H and O–H groups in total. The molecule has 0 unspecified atom stereocenters. The Hall–Kier alpha value is -2.11. The van der Waals surface area contributed by atoms with Crippen LogP contribution >= 0.6 is 11.6 Å². The van der Waals surface area contributed by atoms with Crippen molar-refractivity contribution < 1.29 is 0 Å². The Morgan fingerprint density at radius 1 is 1.22 bits per heavy atom. The lowest BCUT2D eigenvalue weighted by Gasteiger charge is -2.04. The summed E-state index contributed by atoms with van der Waals surface area (Å²) in [5, 5.41) is 5.91. The molecule has 0 aliphatic rings. The van der Waals surface area contributed by atoms with Gasteiger partial charge in [0.15, 0.2) is 0 Å². The second kappa shape index (κ2) is 4.29. The van der Waals surface area contributed by atoms with Crippen molar-refractivity contribution >= 4 is 28.2 Å². The minimum absolute atomic E-state index is 0.664. The lowest BCUT2D eigenvalue weighted by Crippen LogP contribution is -2.07. The van der Waals surface area contributed by atoms with Gasteiger partial charge in [-0.15, -0.1) is 0 Å². The zero-order chi connectivity index (χ0) is 12.5. The molecule has 0 atom stereocenters. The van der Waals surface area contributed by atoms with E-state index >= 15 is 0 Å². The van der Waals surface area contributed by atoms with Gasteiger partial charge >= 0.3 is 0 Å². The quantitative estimate of drug-likeness (QED) is 0.548. The number of pyridine rings is 1. The highest BCUT2D eigenvalue weighted by Crippen LogP contribution is 2.24. The Kier molecular flexibility index (Phi) is 2.62. The van der Waals surface area contributed by atoms with E-state index in [1.807, 2.05) is 24.3 Å². The van der Waals surface area contributed by atoms with Crippen LogP contribution in [-0.2, 0) is 0 Å². The van der Waals surface area contributed by atoms with Gasteiger partial charge in [0.1, 0.15) is 0 Å². The summed E-state index contributed by atoms with van der Waals surface area (Å²) >= 11 is 5.98. The SMILES string of the molecule is NNc1cncc2c1cnn2-c1cccc(Cl)c1. The Balaban J connectivity index is 2.25. The van der Waals surface area contributed by atoms with Crippen LogP contribution in [0.4, 0.5) is 5.69 Å². The van der Waals surface area contributed by atoms with Gasteiger partial charge in [-0.1, -0.05) is 17.7 Å². The van der Waals surface area contributed by atoms with Crippen LogP contribution in [-0.4, -0.2) is 14.8 Å². The Morgan fingerprint density at radius 2 is 2.11 bits per heavy atom. The summed E-state index contributed by atoms with van der Waals surface area (Å²) in [5.41, 5.74) is 5.09. The number of halogens is 1. The Labute approximate surface area is 108 Å². The third-order valence-corrected chi connectivity index (χ3v) is 2.94. The van der Waals surface area contributed by atoms with Crippen molar-refractivity contribution in [2.24, 2.45) is 5.84 Å². The summed E-state index contributed by atoms with van der Waals surface area (Å²) in [6.45, 7) is 0. The molecule has 5 nitrogen and oxygen atoms in total. The van der Waals surface area contributed by atoms with Crippen molar-refractivity contribution in [2.75, 3.05) is 5.43 Å². The van der Waals surface area contributed by atoms with Gasteiger partial charge in [0.2, 0.25) is 0 Å². The number of hydrogen-bond donors (Lipinski definition) is 2. The average Bonchev–Trinajstić information content (AvgIpc) is 2.82. The van der Waals surface area contributed by atoms with E-state index in [1.165, 1.54) is 0 Å². The van der Waals surface area contributed by atoms with Gasteiger partial charge in [-0.25, -0.2) is 4.68 Å². The molecular weight excluding hydrogens is 250 g/mol. The molecule has 0 fully saturated rings. The van der Waals surface area contributed by atoms with Crippen LogP contribution in [0, 0.1) is 0 Å². The summed E-state index contributed by atoms with van der Waals surface area (Å²) in [6, 6.07) is 7.48. The van der Waals surface area contributed by atoms with Crippen LogP contribution in [0.1, 0.15) is 0 Å². The van der Waals surface area contributed by atoms with Gasteiger partial charge in [0.05, 0.1) is 35.5 Å². The molecule has 0 spiro atoms. The van der Waals surface area contributed by atoms with E-state index in [-0.39, 0.29) is 0 Å². The van der Waals surface area contributed by atoms with E-state index in [0.717, 1.165) is 22.3 Å². The van der Waals surface area contributed by atoms with E-state index in [2.05, 4.69) is 15.5 Å². The molecule has 0 aliphatic heterocycles. The highest BCUT2D eigenvalue weighted by Gasteiger charge is 2.08. The third-order valence-electron chi connectivity index (χ3n) is 2.71. The Morgan fingerprint density at radius 3 is 2.89 bits per heavy atom. The van der Waals surface area contributed by atoms with Crippen LogP contribution in [0.3, 0.4) is 0 Å². The predicted molar refractivity (Wildman–Crippen MR) is 71.7 cm³/mol. The molecule has 0 bridgehead atoms. The zero-order valence-electron chi connectivity index (χ0n) is 9.34. The van der Waals surface area contributed by atoms with Crippen molar-refractivity contribution in [3.63, 3.8) is 0 Å². The number of hydrazine groups is 1. The van der Waals surface area contributed by atoms with Gasteiger partial charge in [0.25, 0.3) is 0 Å². The summed E-state index contributed by atoms with van der Waals surface area (Å²) in [6.07, 6.45) is 5.14. The fourth-order valence-electron chi connectivity index (χ4n) is 1.87. The van der Waals surface area contributed by atoms with Crippen molar-refractivity contribution in [1.82, 2.24) is 14.8 Å². The summed E-state index contributed by atoms with van der Waals surface area (Å²) in [5.74, 6) is 5.44. The smallest absolute Gasteiger partial charge is 0.0945 e. The average molecular weight is 260 g/mol. The number of rotatable bonds is 2. The standard InChI is InChI=1S/C12H10ClN5/c13-8-2-1-3-9(4-8)18-12-7-15-6-11(17-14)10(12)5-16-18/h1-7,17H,14H2. The van der Waals surface area contributed by atoms with Gasteiger partial charge in [0, 0.05) is 10.4 Å². The van der Waals surface area contributed by atoms with Crippen LogP contribution in [0.15, 0.2) is 42.9 Å². The predicted octanol–water partition coefficient (Wildman–Crippen LogP) is 2.36. The molecule has 2 aromatic heterocycles. The largest absolute Gasteiger partial charge is 0.322 e. The van der Waals surface area contributed by atoms with Crippen LogP contribution in [0.25, 0.3) is 16.6 Å². The van der Waals surface area contributed by atoms with Crippen LogP contribution in [0.2, 0.25) is 5.02 Å². The number of nitrogens with zero attached hydrogens (tertiary/aromatic N) is 3. The second-order valence-corrected chi connectivity index (χ2v) is 4.24. The van der Waals surface area contributed by atoms with Crippen molar-refractivity contribution in [2.45, 2.75) is 0 Å². The van der Waals surface area contributed by atoms with E-state index in [1.54, 1.807) is 23.3 Å². The molecule has 0 radical (unpaired) electrons. The third kappa shape index (κ3) is 1.70. The number of nitrogens with two attached hydrogens (primary N) is 1. The first-order chi connectivity index (χ1) is 8.79. The monoisotopic (exact) mass is 259 g/mol. The molecule has 3 aromatic rings. The first-order valence-electron chi connectivity index (χ1n) is 5.34. The van der Waals surface area contributed by atoms with E-state index < -0.39 is 0 Å². The number of hydrogen-bond acceptors (Lipinski definition) is 4. The van der Waals surface area contributed by atoms with Crippen molar-refractivity contribution in [3.05, 3.63) is 47.9 Å². The lowest BCUT2D eigenvalue weighted by atomic mass is 10.3. The lowest BCUT2D eigenvalue weighted by molar-refractivity contribution is 0.908. The molecule has 3 rings (SSSR count). The highest BCUT2D eigenvalue weighted by molar-refractivity contribution is 6.30. The minimum atomic E-state index is 0.664. The molecule has 18 heavy (non-hydrogen) atoms. The first kappa shape index (κ1) is 11.0. The van der Waals surface area contributed by atoms with Crippen LogP contribution < -0.4 is 11.3 Å². The maximum absolute atomic E-state index is 5.98. The number of nitrogens with one attached hydrogen (secondary N) is 1. The first-order valence-corrected chi connectivity index (χ1v) is 5.71. The van der Waals surface area contributed by atoms with E-state index in [0.29, 0.717) is 5.02 Å². The summed E-state index contributed by atoms with van der Waals surface area (Å²) in [7, 11) is 0. The number of nitrogen functional groups attached to an aromatic ring is 1. The molecule has 2 heterocycles. The van der Waals surface area contributed by atoms with E-state index in [4.69, 9.17) is 17.4 Å². The number of anilines is 1. The van der Waals surface area contributed by atoms with E-state index in [9.17, 15) is 0 Å². The van der Waals surface area contributed by atoms with Crippen molar-refractivity contribution in [1.29, 1.82) is 0 Å². The van der Waals surface area contributed by atoms with Gasteiger partial charge in [-0.05, 0) is 18.2 Å². The molecule has 90 valence electrons. The molecule has 0 amide bonds. The molecule has 0 saturated carbocycles. The number of fused-ring (bicyclic) bond motifs is 1. The fraction of sp³-hybridized carbons (Fsp3) is 0. The molecule has 1 aromatic carbocycles. The van der Waals surface area contributed by atoms with Crippen molar-refractivity contribution in [3.8, 4) is 5.69 Å². The molecular formula is C12H10ClN5. The maximum Gasteiger partial charge on any atom is 0.0945 e. The Bertz CT molecular complexity index is 707. The normalized spacial score (nSPS) is 10.8. The maximum atomic E-state index is 5.98. The second-order valence-electron chi connectivity index (χ2n) is 3.80. The highest BCUT2D eigenvalue weighted by atomic mass is 35.5. The number of aromatic nitrogens is 3. The minimum Gasteiger partial charge on any atom is -0.322 e. The van der Waals surface area contributed by atoms with Crippen LogP contribution in [0.5, 0.6) is 0 Å².